The van der Waals surface area contributed by atoms with Gasteiger partial charge < -0.3 is 4.90 Å². The first-order valence-electron chi connectivity index (χ1n) is 9.71. The molecule has 172 valence electrons. The van der Waals surface area contributed by atoms with Gasteiger partial charge in [0.2, 0.25) is 0 Å². The Bertz CT molecular complexity index is 1370. The van der Waals surface area contributed by atoms with Crippen molar-refractivity contribution in [1.29, 1.82) is 0 Å². The standard InChI is InChI=1S/C23H10BrCl4FN2O3/c24-10-4-6-12(7-5-10)30-19(9-2-1-3-11(29)8-9)20(23(30)34)31-21(32)13-14(22(31)33)16(26)18(28)17(27)15(13)25/h1-8,19-20H/t19-,20+/m1/s1. The summed E-state index contributed by atoms with van der Waals surface area (Å²) in [6.45, 7) is 0. The van der Waals surface area contributed by atoms with E-state index in [9.17, 15) is 18.8 Å². The maximum absolute atomic E-state index is 14.1. The highest BCUT2D eigenvalue weighted by molar-refractivity contribution is 9.10. The van der Waals surface area contributed by atoms with Gasteiger partial charge in [-0.15, -0.1) is 0 Å². The molecule has 0 N–H and O–H groups in total. The number of carbonyl (C=O) groups is 3. The molecule has 5 nitrogen and oxygen atoms in total. The predicted octanol–water partition coefficient (Wildman–Crippen LogP) is 6.95. The van der Waals surface area contributed by atoms with Gasteiger partial charge in [-0.3, -0.25) is 19.3 Å². The molecule has 0 spiro atoms. The lowest BCUT2D eigenvalue weighted by Crippen LogP contribution is -2.67. The maximum Gasteiger partial charge on any atom is 0.264 e. The average molecular weight is 603 g/mol. The molecule has 3 aromatic rings. The molecule has 3 aromatic carbocycles. The van der Waals surface area contributed by atoms with Crippen molar-refractivity contribution >= 4 is 85.7 Å². The first kappa shape index (κ1) is 23.6. The number of rotatable bonds is 3. The molecule has 0 aromatic heterocycles. The summed E-state index contributed by atoms with van der Waals surface area (Å²) in [5, 5.41) is -0.808. The summed E-state index contributed by atoms with van der Waals surface area (Å²) in [5.41, 5.74) is 0.465. The Morgan fingerprint density at radius 2 is 1.29 bits per heavy atom. The first-order chi connectivity index (χ1) is 16.1. The van der Waals surface area contributed by atoms with Crippen LogP contribution in [0.25, 0.3) is 0 Å². The molecule has 0 saturated carbocycles. The molecule has 1 saturated heterocycles. The lowest BCUT2D eigenvalue weighted by Gasteiger charge is -2.49. The highest BCUT2D eigenvalue weighted by Gasteiger charge is 2.58. The van der Waals surface area contributed by atoms with E-state index >= 15 is 0 Å². The minimum absolute atomic E-state index is 0.173. The zero-order valence-corrected chi connectivity index (χ0v) is 21.3. The summed E-state index contributed by atoms with van der Waals surface area (Å²) >= 11 is 28.0. The number of anilines is 1. The fraction of sp³-hybridized carbons (Fsp3) is 0.0870. The molecule has 2 aliphatic heterocycles. The molecule has 2 atom stereocenters. The predicted molar refractivity (Wildman–Crippen MR) is 132 cm³/mol. The van der Waals surface area contributed by atoms with Crippen LogP contribution in [-0.2, 0) is 4.79 Å². The fourth-order valence-corrected chi connectivity index (χ4v) is 5.53. The quantitative estimate of drug-likeness (QED) is 0.141. The van der Waals surface area contributed by atoms with Crippen molar-refractivity contribution in [2.45, 2.75) is 12.1 Å². The summed E-state index contributed by atoms with van der Waals surface area (Å²) < 4.78 is 14.9. The second-order valence-corrected chi connectivity index (χ2v) is 10.0. The summed E-state index contributed by atoms with van der Waals surface area (Å²) in [7, 11) is 0. The highest BCUT2D eigenvalue weighted by atomic mass is 79.9. The van der Waals surface area contributed by atoms with Crippen molar-refractivity contribution in [3.8, 4) is 0 Å². The Hall–Kier alpha value is -2.16. The van der Waals surface area contributed by atoms with E-state index < -0.39 is 35.6 Å². The lowest BCUT2D eigenvalue weighted by atomic mass is 9.86. The third-order valence-electron chi connectivity index (χ3n) is 5.77. The number of benzene rings is 3. The third-order valence-corrected chi connectivity index (χ3v) is 8.10. The van der Waals surface area contributed by atoms with Crippen molar-refractivity contribution in [1.82, 2.24) is 4.90 Å². The smallest absolute Gasteiger partial charge is 0.264 e. The summed E-state index contributed by atoms with van der Waals surface area (Å²) in [6.07, 6.45) is 0. The van der Waals surface area contributed by atoms with Crippen LogP contribution in [0.15, 0.2) is 53.0 Å². The molecule has 0 aliphatic carbocycles. The van der Waals surface area contributed by atoms with Crippen LogP contribution in [0.5, 0.6) is 0 Å². The minimum atomic E-state index is -1.26. The van der Waals surface area contributed by atoms with E-state index in [-0.39, 0.29) is 31.2 Å². The van der Waals surface area contributed by atoms with Crippen molar-refractivity contribution in [2.75, 3.05) is 4.90 Å². The number of halogens is 6. The number of amides is 3. The number of carbonyl (C=O) groups excluding carboxylic acids is 3. The Kier molecular flexibility index (Phi) is 5.89. The Morgan fingerprint density at radius 1 is 0.735 bits per heavy atom. The Balaban J connectivity index is 1.64. The molecule has 0 bridgehead atoms. The number of hydrogen-bond acceptors (Lipinski definition) is 3. The molecule has 1 fully saturated rings. The molecule has 5 rings (SSSR count). The monoisotopic (exact) mass is 600 g/mol. The first-order valence-corrected chi connectivity index (χ1v) is 12.0. The van der Waals surface area contributed by atoms with Gasteiger partial charge in [0.15, 0.2) is 0 Å². The second-order valence-electron chi connectivity index (χ2n) is 7.62. The Labute approximate surface area is 221 Å². The van der Waals surface area contributed by atoms with Crippen LogP contribution in [0.1, 0.15) is 32.3 Å². The number of imide groups is 1. The second kappa shape index (κ2) is 8.50. The zero-order chi connectivity index (χ0) is 24.5. The molecule has 0 unspecified atom stereocenters. The molecule has 2 aliphatic rings. The van der Waals surface area contributed by atoms with Crippen LogP contribution in [0.3, 0.4) is 0 Å². The third kappa shape index (κ3) is 3.37. The topological polar surface area (TPSA) is 57.7 Å². The molecule has 0 radical (unpaired) electrons. The van der Waals surface area contributed by atoms with E-state index in [0.29, 0.717) is 11.3 Å². The number of β-lactam (4-membered cyclic amide) rings is 1. The summed E-state index contributed by atoms with van der Waals surface area (Å²) in [4.78, 5) is 42.3. The van der Waals surface area contributed by atoms with E-state index in [1.807, 2.05) is 0 Å². The van der Waals surface area contributed by atoms with Crippen molar-refractivity contribution < 1.29 is 18.8 Å². The lowest BCUT2D eigenvalue weighted by molar-refractivity contribution is -0.130. The van der Waals surface area contributed by atoms with Gasteiger partial charge in [-0.25, -0.2) is 4.39 Å². The molecule has 34 heavy (non-hydrogen) atoms. The van der Waals surface area contributed by atoms with E-state index in [0.717, 1.165) is 9.37 Å². The van der Waals surface area contributed by atoms with Gasteiger partial charge in [-0.05, 0) is 42.0 Å². The van der Waals surface area contributed by atoms with E-state index in [4.69, 9.17) is 46.4 Å². The minimum Gasteiger partial charge on any atom is -0.300 e. The largest absolute Gasteiger partial charge is 0.300 e. The van der Waals surface area contributed by atoms with Gasteiger partial charge in [0, 0.05) is 10.2 Å². The van der Waals surface area contributed by atoms with Crippen LogP contribution >= 0.6 is 62.3 Å². The van der Waals surface area contributed by atoms with Crippen molar-refractivity contribution in [3.63, 3.8) is 0 Å². The average Bonchev–Trinajstić information content (AvgIpc) is 3.06. The van der Waals surface area contributed by atoms with Gasteiger partial charge >= 0.3 is 0 Å². The van der Waals surface area contributed by atoms with Crippen LogP contribution in [0.4, 0.5) is 10.1 Å². The van der Waals surface area contributed by atoms with E-state index in [2.05, 4.69) is 15.9 Å². The van der Waals surface area contributed by atoms with Gasteiger partial charge in [0.1, 0.15) is 11.9 Å². The van der Waals surface area contributed by atoms with Crippen LogP contribution in [-0.4, -0.2) is 28.7 Å². The fourth-order valence-electron chi connectivity index (χ4n) is 4.26. The molecule has 11 heteroatoms. The van der Waals surface area contributed by atoms with E-state index in [1.165, 1.54) is 23.1 Å². The highest BCUT2D eigenvalue weighted by Crippen LogP contribution is 2.49. The van der Waals surface area contributed by atoms with Gasteiger partial charge in [0.25, 0.3) is 17.7 Å². The van der Waals surface area contributed by atoms with Crippen LogP contribution in [0, 0.1) is 5.82 Å². The number of nitrogens with zero attached hydrogens (tertiary/aromatic N) is 2. The van der Waals surface area contributed by atoms with Gasteiger partial charge in [0.05, 0.1) is 37.3 Å². The summed E-state index contributed by atoms with van der Waals surface area (Å²) in [6, 6.07) is 10.4. The van der Waals surface area contributed by atoms with Crippen LogP contribution < -0.4 is 4.90 Å². The van der Waals surface area contributed by atoms with Gasteiger partial charge in [-0.2, -0.15) is 0 Å². The number of fused-ring (bicyclic) bond motifs is 1. The normalized spacial score (nSPS) is 19.5. The Morgan fingerprint density at radius 3 is 1.82 bits per heavy atom. The van der Waals surface area contributed by atoms with Gasteiger partial charge in [-0.1, -0.05) is 74.5 Å². The van der Waals surface area contributed by atoms with Crippen molar-refractivity contribution in [3.05, 3.63) is 95.6 Å². The molecular weight excluding hydrogens is 593 g/mol. The maximum atomic E-state index is 14.1. The molecule has 2 heterocycles. The SMILES string of the molecule is O=C1c2c(Cl)c(Cl)c(Cl)c(Cl)c2C(=O)N1[C@@H]1C(=O)N(c2ccc(Br)cc2)[C@@H]1c1cccc(F)c1. The van der Waals surface area contributed by atoms with Crippen LogP contribution in [0.2, 0.25) is 20.1 Å². The summed E-state index contributed by atoms with van der Waals surface area (Å²) in [5.74, 6) is -2.73. The molecule has 3 amide bonds. The van der Waals surface area contributed by atoms with Crippen molar-refractivity contribution in [2.24, 2.45) is 0 Å². The molecular formula is C23H10BrCl4FN2O3. The van der Waals surface area contributed by atoms with E-state index in [1.54, 1.807) is 30.3 Å². The zero-order valence-electron chi connectivity index (χ0n) is 16.7. The number of hydrogen-bond donors (Lipinski definition) is 0.